The van der Waals surface area contributed by atoms with Crippen LogP contribution in [0.5, 0.6) is 0 Å². The van der Waals surface area contributed by atoms with E-state index in [0.717, 1.165) is 0 Å². The van der Waals surface area contributed by atoms with Crippen LogP contribution >= 0.6 is 11.6 Å². The molecule has 1 unspecified atom stereocenters. The van der Waals surface area contributed by atoms with Crippen LogP contribution in [0.2, 0.25) is 5.15 Å². The lowest BCUT2D eigenvalue weighted by atomic mass is 10.1. The normalized spacial score (nSPS) is 30.5. The van der Waals surface area contributed by atoms with Crippen molar-refractivity contribution in [1.82, 2.24) is 19.5 Å². The fourth-order valence-corrected chi connectivity index (χ4v) is 3.44. The van der Waals surface area contributed by atoms with Crippen molar-refractivity contribution in [1.29, 1.82) is 0 Å². The van der Waals surface area contributed by atoms with Gasteiger partial charge in [-0.05, 0) is 13.8 Å². The molecule has 0 amide bonds. The number of nitrogens with zero attached hydrogens (tertiary/aromatic N) is 4. The minimum Gasteiger partial charge on any atom is -0.366 e. The molecule has 0 aromatic carbocycles. The number of hydrogen-bond donors (Lipinski definition) is 0. The second-order valence-corrected chi connectivity index (χ2v) is 6.70. The summed E-state index contributed by atoms with van der Waals surface area (Å²) < 4.78 is 25.4. The lowest BCUT2D eigenvalue weighted by Crippen LogP contribution is -2.33. The lowest BCUT2D eigenvalue weighted by molar-refractivity contribution is -0.201. The third-order valence-electron chi connectivity index (χ3n) is 4.18. The Bertz CT molecular complexity index is 833. The summed E-state index contributed by atoms with van der Waals surface area (Å²) in [5, 5.41) is 0.288. The molecule has 8 nitrogen and oxygen atoms in total. The molecule has 4 rings (SSSR count). The first-order chi connectivity index (χ1) is 12.0. The lowest BCUT2D eigenvalue weighted by Gasteiger charge is -2.24. The van der Waals surface area contributed by atoms with Gasteiger partial charge in [-0.15, -0.1) is 6.42 Å². The van der Waals surface area contributed by atoms with Crippen LogP contribution in [-0.4, -0.2) is 56.8 Å². The summed E-state index contributed by atoms with van der Waals surface area (Å²) in [5.41, 5.74) is 1.08. The number of aromatic nitrogens is 4. The molecule has 0 spiro atoms. The molecular weight excluding hydrogens is 348 g/mol. The van der Waals surface area contributed by atoms with E-state index in [4.69, 9.17) is 37.0 Å². The third-order valence-corrected chi connectivity index (χ3v) is 4.46. The molecule has 2 saturated heterocycles. The topological polar surface area (TPSA) is 80.5 Å². The van der Waals surface area contributed by atoms with Crippen LogP contribution in [0.25, 0.3) is 11.2 Å². The van der Waals surface area contributed by atoms with Crippen molar-refractivity contribution < 1.29 is 18.9 Å². The highest BCUT2D eigenvalue weighted by Crippen LogP contribution is 2.43. The Kier molecular flexibility index (Phi) is 4.14. The van der Waals surface area contributed by atoms with Gasteiger partial charge in [0.1, 0.15) is 36.8 Å². The highest BCUT2D eigenvalue weighted by atomic mass is 35.5. The molecule has 2 aromatic heterocycles. The zero-order chi connectivity index (χ0) is 17.6. The highest BCUT2D eigenvalue weighted by Gasteiger charge is 2.56. The first kappa shape index (κ1) is 16.7. The third kappa shape index (κ3) is 2.88. The Morgan fingerprint density at radius 2 is 2.12 bits per heavy atom. The first-order valence-corrected chi connectivity index (χ1v) is 8.23. The van der Waals surface area contributed by atoms with Gasteiger partial charge >= 0.3 is 0 Å². The molecule has 0 aliphatic carbocycles. The van der Waals surface area contributed by atoms with Gasteiger partial charge in [-0.3, -0.25) is 4.57 Å². The van der Waals surface area contributed by atoms with Crippen LogP contribution in [0.3, 0.4) is 0 Å². The predicted molar refractivity (Wildman–Crippen MR) is 87.7 cm³/mol. The summed E-state index contributed by atoms with van der Waals surface area (Å²) in [5.74, 6) is 1.72. The van der Waals surface area contributed by atoms with E-state index in [1.165, 1.54) is 6.33 Å². The largest absolute Gasteiger partial charge is 0.366 e. The zero-order valence-electron chi connectivity index (χ0n) is 13.8. The van der Waals surface area contributed by atoms with Crippen molar-refractivity contribution in [3.8, 4) is 12.3 Å². The molecule has 132 valence electrons. The molecule has 25 heavy (non-hydrogen) atoms. The van der Waals surface area contributed by atoms with E-state index in [-0.39, 0.29) is 30.1 Å². The second-order valence-electron chi connectivity index (χ2n) is 6.34. The minimum absolute atomic E-state index is 0.211. The number of rotatable bonds is 4. The monoisotopic (exact) mass is 364 g/mol. The van der Waals surface area contributed by atoms with Gasteiger partial charge < -0.3 is 18.9 Å². The van der Waals surface area contributed by atoms with Gasteiger partial charge in [0, 0.05) is 0 Å². The molecule has 4 atom stereocenters. The van der Waals surface area contributed by atoms with Crippen molar-refractivity contribution in [3.05, 3.63) is 17.8 Å². The Balaban J connectivity index is 1.66. The number of halogens is 1. The number of terminal acetylenes is 1. The van der Waals surface area contributed by atoms with Gasteiger partial charge in [0.2, 0.25) is 0 Å². The average Bonchev–Trinajstić information content (AvgIpc) is 3.20. The van der Waals surface area contributed by atoms with Crippen molar-refractivity contribution in [2.75, 3.05) is 13.2 Å². The van der Waals surface area contributed by atoms with E-state index in [1.54, 1.807) is 10.9 Å². The molecule has 2 fully saturated rings. The van der Waals surface area contributed by atoms with E-state index >= 15 is 0 Å². The van der Waals surface area contributed by atoms with E-state index in [2.05, 4.69) is 20.9 Å². The quantitative estimate of drug-likeness (QED) is 0.462. The number of imidazole rings is 1. The Hall–Kier alpha value is -1.76. The van der Waals surface area contributed by atoms with Crippen LogP contribution in [0.4, 0.5) is 0 Å². The van der Waals surface area contributed by atoms with Crippen molar-refractivity contribution >= 4 is 22.8 Å². The molecule has 0 N–H and O–H groups in total. The van der Waals surface area contributed by atoms with Crippen LogP contribution in [0.1, 0.15) is 20.1 Å². The Morgan fingerprint density at radius 3 is 2.92 bits per heavy atom. The van der Waals surface area contributed by atoms with Gasteiger partial charge in [-0.2, -0.15) is 0 Å². The molecule has 0 bridgehead atoms. The SMILES string of the molecule is C#CCOC[C@H]1OC(n2cnc3c(Cl)ncnc32)[C@@H]2OC(C)(C)O[C@H]12. The average molecular weight is 365 g/mol. The van der Waals surface area contributed by atoms with E-state index < -0.39 is 12.0 Å². The van der Waals surface area contributed by atoms with Crippen molar-refractivity contribution in [2.24, 2.45) is 0 Å². The Labute approximate surface area is 149 Å². The maximum Gasteiger partial charge on any atom is 0.167 e. The molecule has 2 aromatic rings. The molecule has 2 aliphatic heterocycles. The van der Waals surface area contributed by atoms with Gasteiger partial charge in [-0.1, -0.05) is 17.5 Å². The minimum atomic E-state index is -0.718. The smallest absolute Gasteiger partial charge is 0.167 e. The fraction of sp³-hybridized carbons (Fsp3) is 0.562. The van der Waals surface area contributed by atoms with Crippen molar-refractivity contribution in [3.63, 3.8) is 0 Å². The van der Waals surface area contributed by atoms with E-state index in [0.29, 0.717) is 17.8 Å². The standard InChI is InChI=1S/C16H17ClN4O4/c1-4-5-22-6-9-11-12(25-16(2,3)24-11)15(23-9)21-8-20-10-13(17)18-7-19-14(10)21/h1,7-9,11-12,15H,5-6H2,2-3H3/t9-,11-,12-,15?/m1/s1. The van der Waals surface area contributed by atoms with E-state index in [9.17, 15) is 0 Å². The predicted octanol–water partition coefficient (Wildman–Crippen LogP) is 1.55. The molecule has 0 radical (unpaired) electrons. The summed E-state index contributed by atoms with van der Waals surface area (Å²) in [6.07, 6.45) is 6.83. The number of ether oxygens (including phenoxy) is 4. The maximum atomic E-state index is 6.14. The molecule has 9 heteroatoms. The highest BCUT2D eigenvalue weighted by molar-refractivity contribution is 6.33. The molecule has 4 heterocycles. The molecular formula is C16H17ClN4O4. The van der Waals surface area contributed by atoms with Gasteiger partial charge in [0.15, 0.2) is 22.8 Å². The van der Waals surface area contributed by atoms with Gasteiger partial charge in [0.05, 0.1) is 12.9 Å². The summed E-state index contributed by atoms with van der Waals surface area (Å²) in [6, 6.07) is 0. The van der Waals surface area contributed by atoms with Crippen LogP contribution in [-0.2, 0) is 18.9 Å². The summed E-state index contributed by atoms with van der Waals surface area (Å²) in [6.45, 7) is 4.26. The van der Waals surface area contributed by atoms with Crippen LogP contribution in [0, 0.1) is 12.3 Å². The maximum absolute atomic E-state index is 6.14. The summed E-state index contributed by atoms with van der Waals surface area (Å²) >= 11 is 6.08. The zero-order valence-corrected chi connectivity index (χ0v) is 14.5. The molecule has 2 aliphatic rings. The van der Waals surface area contributed by atoms with Crippen LogP contribution < -0.4 is 0 Å². The van der Waals surface area contributed by atoms with E-state index in [1.807, 2.05) is 13.8 Å². The molecule has 0 saturated carbocycles. The number of hydrogen-bond acceptors (Lipinski definition) is 7. The van der Waals surface area contributed by atoms with Gasteiger partial charge in [-0.25, -0.2) is 15.0 Å². The van der Waals surface area contributed by atoms with Crippen LogP contribution in [0.15, 0.2) is 12.7 Å². The first-order valence-electron chi connectivity index (χ1n) is 7.85. The summed E-state index contributed by atoms with van der Waals surface area (Å²) in [4.78, 5) is 12.5. The summed E-state index contributed by atoms with van der Waals surface area (Å²) in [7, 11) is 0. The Morgan fingerprint density at radius 1 is 1.32 bits per heavy atom. The fourth-order valence-electron chi connectivity index (χ4n) is 3.26. The van der Waals surface area contributed by atoms with Gasteiger partial charge in [0.25, 0.3) is 0 Å². The second kappa shape index (κ2) is 6.20. The number of fused-ring (bicyclic) bond motifs is 2. The van der Waals surface area contributed by atoms with Crippen molar-refractivity contribution in [2.45, 2.75) is 44.2 Å².